The molecule has 2 bridgehead atoms. The van der Waals surface area contributed by atoms with E-state index in [0.717, 1.165) is 38.0 Å². The van der Waals surface area contributed by atoms with Crippen molar-refractivity contribution in [3.8, 4) is 28.6 Å². The van der Waals surface area contributed by atoms with E-state index >= 15 is 0 Å². The van der Waals surface area contributed by atoms with Gasteiger partial charge < -0.3 is 29.1 Å². The highest BCUT2D eigenvalue weighted by Crippen LogP contribution is 2.37. The number of rotatable bonds is 15. The third-order valence-corrected chi connectivity index (χ3v) is 7.43. The number of fused-ring (bicyclic) bond motifs is 1. The van der Waals surface area contributed by atoms with Gasteiger partial charge in [-0.15, -0.1) is 0 Å². The van der Waals surface area contributed by atoms with E-state index in [1.165, 1.54) is 43.4 Å². The summed E-state index contributed by atoms with van der Waals surface area (Å²) in [6.45, 7) is 1.10. The van der Waals surface area contributed by atoms with Crippen molar-refractivity contribution in [2.75, 3.05) is 19.7 Å². The van der Waals surface area contributed by atoms with Crippen LogP contribution in [0.25, 0.3) is 22.3 Å². The molecule has 0 aliphatic carbocycles. The average molecular weight is 612 g/mol. The molecule has 0 fully saturated rings. The lowest BCUT2D eigenvalue weighted by atomic mass is 10.1. The minimum Gasteiger partial charge on any atom is -0.491 e. The minimum atomic E-state index is -0.920. The maximum Gasteiger partial charge on any atom is 0.336 e. The number of ether oxygens (including phenoxy) is 3. The maximum absolute atomic E-state index is 13.5. The number of benzene rings is 3. The molecule has 1 aliphatic rings. The summed E-state index contributed by atoms with van der Waals surface area (Å²) in [6.07, 6.45) is 9.15. The Labute approximate surface area is 261 Å². The van der Waals surface area contributed by atoms with Crippen LogP contribution >= 0.6 is 0 Å². The van der Waals surface area contributed by atoms with Gasteiger partial charge in [0.1, 0.15) is 35.2 Å². The third-order valence-electron chi connectivity index (χ3n) is 7.43. The fourth-order valence-corrected chi connectivity index (χ4v) is 5.14. The van der Waals surface area contributed by atoms with Gasteiger partial charge in [-0.2, -0.15) is 0 Å². The Morgan fingerprint density at radius 1 is 0.778 bits per heavy atom. The van der Waals surface area contributed by atoms with E-state index in [-0.39, 0.29) is 40.6 Å². The van der Waals surface area contributed by atoms with Gasteiger partial charge in [0.25, 0.3) is 0 Å². The van der Waals surface area contributed by atoms with Gasteiger partial charge in [-0.05, 0) is 31.4 Å². The zero-order valence-corrected chi connectivity index (χ0v) is 25.0. The number of aliphatic hydroxyl groups excluding tert-OH is 1. The Hall–Kier alpha value is -4.73. The van der Waals surface area contributed by atoms with Crippen molar-refractivity contribution in [2.24, 2.45) is 0 Å². The first-order valence-corrected chi connectivity index (χ1v) is 15.4. The van der Waals surface area contributed by atoms with Gasteiger partial charge >= 0.3 is 11.9 Å². The summed E-state index contributed by atoms with van der Waals surface area (Å²) in [6, 6.07) is 22.2. The molecule has 0 saturated heterocycles. The highest BCUT2D eigenvalue weighted by Gasteiger charge is 2.25. The highest BCUT2D eigenvalue weighted by molar-refractivity contribution is 5.98. The first-order chi connectivity index (χ1) is 22.0. The standard InChI is InChI=1S/C36H37NO8/c38-27(23-37-20-12-4-2-1-3-7-13-25-14-8-5-9-15-25)24-42-28-21-29-33-30(22-28)44-35(26-16-10-6-11-17-26)36(34(33)41)45-32(40)19-18-31(39)43-29/h5-6,8-11,14-19,21-22,27,37-38H,1-4,7,12-13,20,23-24H2/b19-18-. The van der Waals surface area contributed by atoms with Crippen molar-refractivity contribution in [3.63, 3.8) is 0 Å². The number of aliphatic hydroxyl groups is 1. The van der Waals surface area contributed by atoms with Crippen LogP contribution < -0.4 is 25.0 Å². The summed E-state index contributed by atoms with van der Waals surface area (Å²) in [5, 5.41) is 13.7. The number of carbonyl (C=O) groups is 2. The lowest BCUT2D eigenvalue weighted by molar-refractivity contribution is -0.131. The van der Waals surface area contributed by atoms with E-state index in [9.17, 15) is 19.5 Å². The molecule has 0 amide bonds. The minimum absolute atomic E-state index is 0.0428. The average Bonchev–Trinajstić information content (AvgIpc) is 3.05. The van der Waals surface area contributed by atoms with Crippen LogP contribution in [0.2, 0.25) is 0 Å². The van der Waals surface area contributed by atoms with Crippen LogP contribution in [-0.4, -0.2) is 42.8 Å². The van der Waals surface area contributed by atoms with Crippen LogP contribution in [0.4, 0.5) is 0 Å². The lowest BCUT2D eigenvalue weighted by Crippen LogP contribution is -2.32. The molecule has 0 spiro atoms. The van der Waals surface area contributed by atoms with Crippen molar-refractivity contribution in [1.29, 1.82) is 0 Å². The van der Waals surface area contributed by atoms with E-state index in [4.69, 9.17) is 18.6 Å². The number of hydrogen-bond acceptors (Lipinski definition) is 9. The molecule has 4 aromatic rings. The first kappa shape index (κ1) is 31.7. The zero-order valence-electron chi connectivity index (χ0n) is 25.0. The van der Waals surface area contributed by atoms with Crippen molar-refractivity contribution < 1.29 is 33.3 Å². The Morgan fingerprint density at radius 2 is 1.44 bits per heavy atom. The molecule has 1 atom stereocenters. The first-order valence-electron chi connectivity index (χ1n) is 15.4. The van der Waals surface area contributed by atoms with Crippen LogP contribution in [0.3, 0.4) is 0 Å². The van der Waals surface area contributed by atoms with Gasteiger partial charge in [-0.3, -0.25) is 4.79 Å². The van der Waals surface area contributed by atoms with E-state index in [1.807, 2.05) is 6.07 Å². The van der Waals surface area contributed by atoms with Crippen molar-refractivity contribution >= 4 is 22.9 Å². The smallest absolute Gasteiger partial charge is 0.336 e. The van der Waals surface area contributed by atoms with Crippen LogP contribution in [0.5, 0.6) is 17.2 Å². The monoisotopic (exact) mass is 611 g/mol. The molecule has 3 aromatic carbocycles. The van der Waals surface area contributed by atoms with Crippen molar-refractivity contribution in [3.05, 3.63) is 101 Å². The second kappa shape index (κ2) is 15.8. The van der Waals surface area contributed by atoms with Crippen molar-refractivity contribution in [1.82, 2.24) is 5.32 Å². The zero-order chi connectivity index (χ0) is 31.4. The second-order valence-corrected chi connectivity index (χ2v) is 11.0. The van der Waals surface area contributed by atoms with Crippen LogP contribution in [0, 0.1) is 0 Å². The molecule has 1 aromatic heterocycles. The van der Waals surface area contributed by atoms with Crippen molar-refractivity contribution in [2.45, 2.75) is 51.0 Å². The number of nitrogens with one attached hydrogen (secondary N) is 1. The van der Waals surface area contributed by atoms with E-state index in [2.05, 4.69) is 29.6 Å². The molecule has 45 heavy (non-hydrogen) atoms. The quantitative estimate of drug-likeness (QED) is 0.0982. The van der Waals surface area contributed by atoms with Crippen LogP contribution in [-0.2, 0) is 16.0 Å². The molecule has 1 aliphatic heterocycles. The summed E-state index contributed by atoms with van der Waals surface area (Å²) in [7, 11) is 0. The Kier molecular flexibility index (Phi) is 11.1. The number of carbonyl (C=O) groups excluding carboxylic acids is 2. The molecular formula is C36H37NO8. The molecule has 9 heteroatoms. The molecule has 1 unspecified atom stereocenters. The molecular weight excluding hydrogens is 574 g/mol. The summed E-state index contributed by atoms with van der Waals surface area (Å²) in [5.74, 6) is -1.96. The molecule has 2 N–H and O–H groups in total. The van der Waals surface area contributed by atoms with E-state index in [0.29, 0.717) is 12.1 Å². The Balaban J connectivity index is 1.15. The number of esters is 2. The summed E-state index contributed by atoms with van der Waals surface area (Å²) in [4.78, 5) is 38.1. The molecule has 0 saturated carbocycles. The summed E-state index contributed by atoms with van der Waals surface area (Å²) < 4.78 is 22.6. The van der Waals surface area contributed by atoms with E-state index < -0.39 is 23.5 Å². The molecule has 5 rings (SSSR count). The van der Waals surface area contributed by atoms with Crippen LogP contribution in [0.1, 0.15) is 44.1 Å². The predicted molar refractivity (Wildman–Crippen MR) is 171 cm³/mol. The molecule has 234 valence electrons. The van der Waals surface area contributed by atoms with Gasteiger partial charge in [-0.25, -0.2) is 9.59 Å². The molecule has 2 heterocycles. The predicted octanol–water partition coefficient (Wildman–Crippen LogP) is 5.75. The SMILES string of the molecule is O=C1/C=C\C(=O)Oc2cc(OCC(O)CNCCCCCCCCc3ccccc3)cc3oc(-c4ccccc4)c(c(=O)c23)O1. The van der Waals surface area contributed by atoms with Crippen LogP contribution in [0.15, 0.2) is 94.2 Å². The highest BCUT2D eigenvalue weighted by atomic mass is 16.6. The fraction of sp³-hybridized carbons (Fsp3) is 0.306. The lowest BCUT2D eigenvalue weighted by Gasteiger charge is -2.16. The summed E-state index contributed by atoms with van der Waals surface area (Å²) >= 11 is 0. The number of aryl methyl sites for hydroxylation is 1. The van der Waals surface area contributed by atoms with Gasteiger partial charge in [0.05, 0.1) is 0 Å². The van der Waals surface area contributed by atoms with Gasteiger partial charge in [-0.1, -0.05) is 86.3 Å². The Bertz CT molecular complexity index is 1680. The molecule has 9 nitrogen and oxygen atoms in total. The number of hydrogen-bond donors (Lipinski definition) is 2. The fourth-order valence-electron chi connectivity index (χ4n) is 5.14. The third kappa shape index (κ3) is 8.90. The second-order valence-electron chi connectivity index (χ2n) is 11.0. The summed E-state index contributed by atoms with van der Waals surface area (Å²) in [5.41, 5.74) is 1.30. The van der Waals surface area contributed by atoms with Gasteiger partial charge in [0.2, 0.25) is 11.2 Å². The largest absolute Gasteiger partial charge is 0.491 e. The Morgan fingerprint density at radius 3 is 2.20 bits per heavy atom. The van der Waals surface area contributed by atoms with E-state index in [1.54, 1.807) is 30.3 Å². The number of unbranched alkanes of at least 4 members (excludes halogenated alkanes) is 5. The molecule has 0 radical (unpaired) electrons. The normalized spacial score (nSPS) is 14.2. The van der Waals surface area contributed by atoms with Gasteiger partial charge in [0.15, 0.2) is 5.76 Å². The van der Waals surface area contributed by atoms with Gasteiger partial charge in [0, 0.05) is 36.4 Å². The topological polar surface area (TPSA) is 124 Å². The maximum atomic E-state index is 13.5.